The van der Waals surface area contributed by atoms with Gasteiger partial charge < -0.3 is 15.1 Å². The summed E-state index contributed by atoms with van der Waals surface area (Å²) < 4.78 is 45.2. The first kappa shape index (κ1) is 18.5. The van der Waals surface area contributed by atoms with Gasteiger partial charge in [0.2, 0.25) is 5.89 Å². The van der Waals surface area contributed by atoms with Crippen LogP contribution in [0, 0.1) is 5.92 Å². The van der Waals surface area contributed by atoms with E-state index in [0.29, 0.717) is 17.9 Å². The molecule has 0 bridgehead atoms. The lowest BCUT2D eigenvalue weighted by Crippen LogP contribution is -2.37. The molecule has 3 N–H and O–H groups in total. The molecule has 26 heavy (non-hydrogen) atoms. The van der Waals surface area contributed by atoms with Crippen LogP contribution in [0.5, 0.6) is 0 Å². The fourth-order valence-corrected chi connectivity index (χ4v) is 3.40. The number of anilines is 1. The smallest absolute Gasteiger partial charge is 0.388 e. The topological polar surface area (TPSA) is 83.0 Å². The first-order valence-corrected chi connectivity index (χ1v) is 8.63. The molecule has 0 radical (unpaired) electrons. The van der Waals surface area contributed by atoms with Crippen LogP contribution in [0.1, 0.15) is 31.7 Å². The maximum atomic E-state index is 13.4. The van der Waals surface area contributed by atoms with Gasteiger partial charge in [-0.15, -0.1) is 5.10 Å². The summed E-state index contributed by atoms with van der Waals surface area (Å²) in [4.78, 5) is 11.1. The van der Waals surface area contributed by atoms with Gasteiger partial charge in [-0.05, 0) is 56.5 Å². The molecule has 1 aromatic heterocycles. The fraction of sp³-hybridized carbons (Fsp3) is 0.529. The molecule has 0 unspecified atom stereocenters. The number of nitrogens with one attached hydrogen (secondary N) is 3. The van der Waals surface area contributed by atoms with E-state index in [9.17, 15) is 18.0 Å². The third-order valence-corrected chi connectivity index (χ3v) is 4.74. The van der Waals surface area contributed by atoms with E-state index >= 15 is 0 Å². The molecule has 0 amide bonds. The number of hydrogen-bond acceptors (Lipinski definition) is 5. The molecule has 0 saturated carbocycles. The van der Waals surface area contributed by atoms with Crippen LogP contribution in [-0.2, 0) is 6.18 Å². The highest BCUT2D eigenvalue weighted by atomic mass is 19.4. The molecular formula is C17H21F3N4O2. The van der Waals surface area contributed by atoms with Crippen LogP contribution in [0.2, 0.25) is 0 Å². The zero-order valence-corrected chi connectivity index (χ0v) is 14.3. The van der Waals surface area contributed by atoms with Gasteiger partial charge in [0, 0.05) is 17.3 Å². The van der Waals surface area contributed by atoms with Crippen molar-refractivity contribution in [2.24, 2.45) is 5.92 Å². The maximum absolute atomic E-state index is 13.4. The zero-order valence-electron chi connectivity index (χ0n) is 14.3. The van der Waals surface area contributed by atoms with Gasteiger partial charge in [-0.25, -0.2) is 9.89 Å². The van der Waals surface area contributed by atoms with Gasteiger partial charge in [0.1, 0.15) is 0 Å². The normalized spacial score (nSPS) is 17.2. The van der Waals surface area contributed by atoms with Crippen LogP contribution in [0.25, 0.3) is 11.5 Å². The number of aromatic amines is 1. The van der Waals surface area contributed by atoms with Crippen LogP contribution in [0.15, 0.2) is 27.4 Å². The molecule has 1 aromatic carbocycles. The van der Waals surface area contributed by atoms with E-state index in [0.717, 1.165) is 32.0 Å². The van der Waals surface area contributed by atoms with Crippen molar-refractivity contribution < 1.29 is 17.6 Å². The molecule has 0 spiro atoms. The van der Waals surface area contributed by atoms with E-state index in [-0.39, 0.29) is 17.6 Å². The van der Waals surface area contributed by atoms with Gasteiger partial charge in [-0.1, -0.05) is 6.92 Å². The Kier molecular flexibility index (Phi) is 5.36. The summed E-state index contributed by atoms with van der Waals surface area (Å²) >= 11 is 0. The Balaban J connectivity index is 1.94. The number of nitrogens with zero attached hydrogens (tertiary/aromatic N) is 1. The van der Waals surface area contributed by atoms with Crippen molar-refractivity contribution in [3.63, 3.8) is 0 Å². The van der Waals surface area contributed by atoms with E-state index < -0.39 is 17.5 Å². The summed E-state index contributed by atoms with van der Waals surface area (Å²) in [7, 11) is 0. The highest BCUT2D eigenvalue weighted by molar-refractivity contribution is 5.65. The first-order valence-electron chi connectivity index (χ1n) is 8.63. The second-order valence-corrected chi connectivity index (χ2v) is 6.42. The highest BCUT2D eigenvalue weighted by Gasteiger charge is 2.35. The minimum atomic E-state index is -4.49. The van der Waals surface area contributed by atoms with Crippen molar-refractivity contribution >= 4 is 5.69 Å². The minimum Gasteiger partial charge on any atom is -0.388 e. The van der Waals surface area contributed by atoms with Crippen molar-refractivity contribution in [3.8, 4) is 11.5 Å². The number of halogens is 3. The molecule has 9 heteroatoms. The highest BCUT2D eigenvalue weighted by Crippen LogP contribution is 2.38. The number of benzene rings is 1. The molecule has 1 aliphatic rings. The molecule has 1 fully saturated rings. The monoisotopic (exact) mass is 370 g/mol. The molecule has 1 aliphatic heterocycles. The van der Waals surface area contributed by atoms with Gasteiger partial charge >= 0.3 is 11.9 Å². The number of rotatable bonds is 5. The third kappa shape index (κ3) is 4.09. The number of hydrogen-bond donors (Lipinski definition) is 3. The first-order chi connectivity index (χ1) is 12.4. The maximum Gasteiger partial charge on any atom is 0.434 e. The van der Waals surface area contributed by atoms with Gasteiger partial charge in [0.05, 0.1) is 5.56 Å². The Morgan fingerprint density at radius 1 is 1.35 bits per heavy atom. The van der Waals surface area contributed by atoms with E-state index in [4.69, 9.17) is 4.42 Å². The average molecular weight is 370 g/mol. The van der Waals surface area contributed by atoms with Crippen molar-refractivity contribution in [2.75, 3.05) is 18.4 Å². The van der Waals surface area contributed by atoms with Crippen molar-refractivity contribution in [3.05, 3.63) is 34.3 Å². The number of alkyl halides is 3. The zero-order chi connectivity index (χ0) is 18.7. The number of piperidine rings is 1. The molecule has 1 saturated heterocycles. The Hall–Kier alpha value is -2.29. The molecule has 2 aromatic rings. The Morgan fingerprint density at radius 3 is 2.65 bits per heavy atom. The Bertz CT molecular complexity index is 794. The van der Waals surface area contributed by atoms with Crippen LogP contribution >= 0.6 is 0 Å². The van der Waals surface area contributed by atoms with E-state index in [1.165, 1.54) is 12.1 Å². The lowest BCUT2D eigenvalue weighted by atomic mass is 9.88. The number of H-pyrrole nitrogens is 1. The largest absolute Gasteiger partial charge is 0.434 e. The predicted molar refractivity (Wildman–Crippen MR) is 90.9 cm³/mol. The van der Waals surface area contributed by atoms with Crippen molar-refractivity contribution in [1.82, 2.24) is 15.5 Å². The lowest BCUT2D eigenvalue weighted by Gasteiger charge is -2.32. The average Bonchev–Trinajstić information content (AvgIpc) is 3.06. The van der Waals surface area contributed by atoms with Crippen LogP contribution in [0.3, 0.4) is 0 Å². The van der Waals surface area contributed by atoms with Gasteiger partial charge in [0.25, 0.3) is 0 Å². The molecule has 2 heterocycles. The fourth-order valence-electron chi connectivity index (χ4n) is 3.40. The molecule has 3 rings (SSSR count). The predicted octanol–water partition coefficient (Wildman–Crippen LogP) is 3.24. The van der Waals surface area contributed by atoms with Crippen LogP contribution in [0.4, 0.5) is 18.9 Å². The second kappa shape index (κ2) is 7.53. The SMILES string of the molecule is CC[C@H](Nc1cc(-c2n[nH]c(=O)o2)ccc1C(F)(F)F)C1CCNCC1. The Labute approximate surface area is 148 Å². The van der Waals surface area contributed by atoms with Crippen LogP contribution < -0.4 is 16.4 Å². The molecule has 142 valence electrons. The van der Waals surface area contributed by atoms with Gasteiger partial charge in [-0.2, -0.15) is 13.2 Å². The minimum absolute atomic E-state index is 0.0222. The lowest BCUT2D eigenvalue weighted by molar-refractivity contribution is -0.137. The molecular weight excluding hydrogens is 349 g/mol. The molecule has 6 nitrogen and oxygen atoms in total. The van der Waals surface area contributed by atoms with Crippen molar-refractivity contribution in [1.29, 1.82) is 0 Å². The summed E-state index contributed by atoms with van der Waals surface area (Å²) in [5.74, 6) is -0.494. The van der Waals surface area contributed by atoms with Crippen molar-refractivity contribution in [2.45, 2.75) is 38.4 Å². The van der Waals surface area contributed by atoms with E-state index in [2.05, 4.69) is 20.8 Å². The molecule has 0 aliphatic carbocycles. The van der Waals surface area contributed by atoms with Gasteiger partial charge in [0.15, 0.2) is 0 Å². The quantitative estimate of drug-likeness (QED) is 0.753. The summed E-state index contributed by atoms with van der Waals surface area (Å²) in [6.07, 6.45) is -1.94. The Morgan fingerprint density at radius 2 is 2.08 bits per heavy atom. The summed E-state index contributed by atoms with van der Waals surface area (Å²) in [5.41, 5.74) is -0.462. The van der Waals surface area contributed by atoms with Gasteiger partial charge in [-0.3, -0.25) is 0 Å². The summed E-state index contributed by atoms with van der Waals surface area (Å²) in [6.45, 7) is 3.70. The second-order valence-electron chi connectivity index (χ2n) is 6.42. The standard InChI is InChI=1S/C17H21F3N4O2/c1-2-13(10-5-7-21-8-6-10)22-14-9-11(15-23-24-16(25)26-15)3-4-12(14)17(18,19)20/h3-4,9-10,13,21-22H,2,5-8H2,1H3,(H,24,25)/t13-/m0/s1. The summed E-state index contributed by atoms with van der Waals surface area (Å²) in [6, 6.07) is 3.51. The van der Waals surface area contributed by atoms with E-state index in [1.807, 2.05) is 6.92 Å². The number of aromatic nitrogens is 2. The third-order valence-electron chi connectivity index (χ3n) is 4.74. The van der Waals surface area contributed by atoms with Crippen LogP contribution in [-0.4, -0.2) is 29.3 Å². The molecule has 1 atom stereocenters. The van der Waals surface area contributed by atoms with E-state index in [1.54, 1.807) is 0 Å². The summed E-state index contributed by atoms with van der Waals surface area (Å²) in [5, 5.41) is 12.1.